The molecule has 28 heavy (non-hydrogen) atoms. The predicted octanol–water partition coefficient (Wildman–Crippen LogP) is 4.02. The van der Waals surface area contributed by atoms with Crippen molar-refractivity contribution in [2.24, 2.45) is 0 Å². The molecule has 2 aromatic carbocycles. The van der Waals surface area contributed by atoms with Gasteiger partial charge in [-0.2, -0.15) is 5.26 Å². The number of nitrogens with zero attached hydrogens (tertiary/aromatic N) is 3. The lowest BCUT2D eigenvalue weighted by atomic mass is 10.2. The van der Waals surface area contributed by atoms with Gasteiger partial charge >= 0.3 is 5.97 Å². The molecule has 0 radical (unpaired) electrons. The van der Waals surface area contributed by atoms with Crippen molar-refractivity contribution in [1.29, 1.82) is 5.26 Å². The number of nitriles is 1. The Hall–Kier alpha value is -3.57. The van der Waals surface area contributed by atoms with E-state index < -0.39 is 5.97 Å². The maximum absolute atomic E-state index is 12.2. The molecule has 0 aliphatic carbocycles. The van der Waals surface area contributed by atoms with Crippen LogP contribution in [-0.4, -0.2) is 27.6 Å². The van der Waals surface area contributed by atoms with Crippen molar-refractivity contribution in [2.45, 2.75) is 0 Å². The standard InChI is InChI=1S/C20H14BrN5O2/c1-28-20(27)18-17(23)12(9-22)10-26(18)14-4-2-3-11(7-14)19-24-15-6-5-13(21)8-16(15)25-19/h2-8,10H,23H2,1H3,(H,24,25). The second-order valence-corrected chi connectivity index (χ2v) is 6.99. The minimum atomic E-state index is -0.613. The van der Waals surface area contributed by atoms with Gasteiger partial charge in [0.2, 0.25) is 0 Å². The number of fused-ring (bicyclic) bond motifs is 1. The highest BCUT2D eigenvalue weighted by atomic mass is 79.9. The minimum Gasteiger partial charge on any atom is -0.464 e. The third-order valence-corrected chi connectivity index (χ3v) is 4.88. The molecule has 0 amide bonds. The smallest absolute Gasteiger partial charge is 0.357 e. The summed E-state index contributed by atoms with van der Waals surface area (Å²) in [5, 5.41) is 9.28. The molecule has 0 spiro atoms. The van der Waals surface area contributed by atoms with Crippen molar-refractivity contribution in [3.05, 3.63) is 64.4 Å². The molecule has 7 nitrogen and oxygen atoms in total. The lowest BCUT2D eigenvalue weighted by Gasteiger charge is -2.09. The van der Waals surface area contributed by atoms with E-state index in [1.807, 2.05) is 48.5 Å². The van der Waals surface area contributed by atoms with Gasteiger partial charge in [-0.05, 0) is 30.3 Å². The number of carbonyl (C=O) groups excluding carboxylic acids is 1. The van der Waals surface area contributed by atoms with E-state index in [9.17, 15) is 10.1 Å². The number of aromatic amines is 1. The average Bonchev–Trinajstić information content (AvgIpc) is 3.28. The monoisotopic (exact) mass is 435 g/mol. The van der Waals surface area contributed by atoms with E-state index in [-0.39, 0.29) is 16.9 Å². The summed E-state index contributed by atoms with van der Waals surface area (Å²) < 4.78 is 7.35. The molecule has 2 heterocycles. The highest BCUT2D eigenvalue weighted by molar-refractivity contribution is 9.10. The number of hydrogen-bond acceptors (Lipinski definition) is 5. The Morgan fingerprint density at radius 3 is 2.89 bits per heavy atom. The number of anilines is 1. The van der Waals surface area contributed by atoms with Crippen LogP contribution in [0, 0.1) is 11.3 Å². The maximum Gasteiger partial charge on any atom is 0.357 e. The first-order valence-corrected chi connectivity index (χ1v) is 9.06. The van der Waals surface area contributed by atoms with Crippen LogP contribution in [0.1, 0.15) is 16.1 Å². The summed E-state index contributed by atoms with van der Waals surface area (Å²) in [5.41, 5.74) is 9.62. The molecular weight excluding hydrogens is 422 g/mol. The Kier molecular flexibility index (Phi) is 4.37. The quantitative estimate of drug-likeness (QED) is 0.472. The van der Waals surface area contributed by atoms with E-state index in [1.165, 1.54) is 13.3 Å². The van der Waals surface area contributed by atoms with Gasteiger partial charge in [-0.15, -0.1) is 0 Å². The Bertz CT molecular complexity index is 1270. The van der Waals surface area contributed by atoms with Gasteiger partial charge in [0.25, 0.3) is 0 Å². The van der Waals surface area contributed by atoms with Crippen LogP contribution in [0.4, 0.5) is 5.69 Å². The zero-order valence-corrected chi connectivity index (χ0v) is 16.3. The first-order valence-electron chi connectivity index (χ1n) is 8.27. The predicted molar refractivity (Wildman–Crippen MR) is 109 cm³/mol. The average molecular weight is 436 g/mol. The lowest BCUT2D eigenvalue weighted by molar-refractivity contribution is 0.0593. The van der Waals surface area contributed by atoms with Crippen LogP contribution in [0.25, 0.3) is 28.1 Å². The fraction of sp³-hybridized carbons (Fsp3) is 0.0500. The summed E-state index contributed by atoms with van der Waals surface area (Å²) in [7, 11) is 1.27. The van der Waals surface area contributed by atoms with E-state index in [1.54, 1.807) is 4.57 Å². The van der Waals surface area contributed by atoms with E-state index in [4.69, 9.17) is 10.5 Å². The highest BCUT2D eigenvalue weighted by Gasteiger charge is 2.22. The number of esters is 1. The molecule has 0 atom stereocenters. The van der Waals surface area contributed by atoms with Crippen molar-refractivity contribution >= 4 is 38.6 Å². The summed E-state index contributed by atoms with van der Waals surface area (Å²) in [6.07, 6.45) is 1.52. The number of aromatic nitrogens is 3. The van der Waals surface area contributed by atoms with Crippen LogP contribution in [0.2, 0.25) is 0 Å². The van der Waals surface area contributed by atoms with Crippen LogP contribution in [0.15, 0.2) is 53.1 Å². The van der Waals surface area contributed by atoms with Gasteiger partial charge in [0.05, 0.1) is 29.4 Å². The zero-order chi connectivity index (χ0) is 19.8. The van der Waals surface area contributed by atoms with Gasteiger partial charge in [-0.3, -0.25) is 0 Å². The summed E-state index contributed by atoms with van der Waals surface area (Å²) >= 11 is 3.45. The van der Waals surface area contributed by atoms with Crippen LogP contribution >= 0.6 is 15.9 Å². The molecule has 0 saturated heterocycles. The zero-order valence-electron chi connectivity index (χ0n) is 14.7. The maximum atomic E-state index is 12.2. The second-order valence-electron chi connectivity index (χ2n) is 6.08. The normalized spacial score (nSPS) is 10.8. The number of rotatable bonds is 3. The first kappa shape index (κ1) is 17.8. The van der Waals surface area contributed by atoms with Crippen LogP contribution in [-0.2, 0) is 4.74 Å². The fourth-order valence-electron chi connectivity index (χ4n) is 3.04. The topological polar surface area (TPSA) is 110 Å². The third kappa shape index (κ3) is 2.92. The molecule has 0 bridgehead atoms. The number of halogens is 1. The highest BCUT2D eigenvalue weighted by Crippen LogP contribution is 2.28. The van der Waals surface area contributed by atoms with Crippen LogP contribution < -0.4 is 5.73 Å². The molecular formula is C20H14BrN5O2. The second kappa shape index (κ2) is 6.87. The summed E-state index contributed by atoms with van der Waals surface area (Å²) in [4.78, 5) is 20.1. The number of benzene rings is 2. The van der Waals surface area contributed by atoms with Gasteiger partial charge in [0.1, 0.15) is 11.9 Å². The molecule has 0 aliphatic heterocycles. The van der Waals surface area contributed by atoms with Crippen LogP contribution in [0.3, 0.4) is 0 Å². The third-order valence-electron chi connectivity index (χ3n) is 4.39. The largest absolute Gasteiger partial charge is 0.464 e. The Labute approximate surface area is 168 Å². The molecule has 4 rings (SSSR count). The number of ether oxygens (including phenoxy) is 1. The van der Waals surface area contributed by atoms with E-state index in [0.29, 0.717) is 11.5 Å². The van der Waals surface area contributed by atoms with Crippen molar-refractivity contribution < 1.29 is 9.53 Å². The number of nitrogen functional groups attached to an aromatic ring is 1. The van der Waals surface area contributed by atoms with Crippen molar-refractivity contribution in [3.8, 4) is 23.1 Å². The number of hydrogen-bond donors (Lipinski definition) is 2. The number of carbonyl (C=O) groups is 1. The Morgan fingerprint density at radius 1 is 1.32 bits per heavy atom. The van der Waals surface area contributed by atoms with Crippen molar-refractivity contribution in [2.75, 3.05) is 12.8 Å². The fourth-order valence-corrected chi connectivity index (χ4v) is 3.40. The van der Waals surface area contributed by atoms with Gasteiger partial charge in [0, 0.05) is 21.9 Å². The molecule has 0 unspecified atom stereocenters. The van der Waals surface area contributed by atoms with Crippen LogP contribution in [0.5, 0.6) is 0 Å². The molecule has 138 valence electrons. The van der Waals surface area contributed by atoms with Gasteiger partial charge in [0.15, 0.2) is 5.69 Å². The van der Waals surface area contributed by atoms with Crippen molar-refractivity contribution in [3.63, 3.8) is 0 Å². The molecule has 4 aromatic rings. The number of nitrogens with one attached hydrogen (secondary N) is 1. The van der Waals surface area contributed by atoms with E-state index in [0.717, 1.165) is 21.1 Å². The number of nitrogens with two attached hydrogens (primary N) is 1. The Morgan fingerprint density at radius 2 is 2.14 bits per heavy atom. The van der Waals surface area contributed by atoms with E-state index in [2.05, 4.69) is 25.9 Å². The van der Waals surface area contributed by atoms with Gasteiger partial charge in [-0.1, -0.05) is 28.1 Å². The molecule has 0 fully saturated rings. The number of methoxy groups -OCH3 is 1. The lowest BCUT2D eigenvalue weighted by Crippen LogP contribution is -2.11. The Balaban J connectivity index is 1.85. The van der Waals surface area contributed by atoms with Gasteiger partial charge < -0.3 is 20.0 Å². The molecule has 2 aromatic heterocycles. The summed E-state index contributed by atoms with van der Waals surface area (Å²) in [6, 6.07) is 15.2. The molecule has 0 aliphatic rings. The molecule has 3 N–H and O–H groups in total. The minimum absolute atomic E-state index is 0.0911. The SMILES string of the molecule is COC(=O)c1c(N)c(C#N)cn1-c1cccc(-c2nc3ccc(Br)cc3[nH]2)c1. The number of H-pyrrole nitrogens is 1. The summed E-state index contributed by atoms with van der Waals surface area (Å²) in [6.45, 7) is 0. The molecule has 8 heteroatoms. The summed E-state index contributed by atoms with van der Waals surface area (Å²) in [5.74, 6) is 0.0770. The van der Waals surface area contributed by atoms with Gasteiger partial charge in [-0.25, -0.2) is 9.78 Å². The first-order chi connectivity index (χ1) is 13.5. The molecule has 0 saturated carbocycles. The van der Waals surface area contributed by atoms with Crippen molar-refractivity contribution in [1.82, 2.24) is 14.5 Å². The van der Waals surface area contributed by atoms with E-state index >= 15 is 0 Å². The number of imidazole rings is 1.